The minimum Gasteiger partial charge on any atom is -0.494 e. The van der Waals surface area contributed by atoms with Crippen molar-refractivity contribution in [2.24, 2.45) is 11.1 Å². The summed E-state index contributed by atoms with van der Waals surface area (Å²) in [6.07, 6.45) is 6.36. The molecule has 2 N–H and O–H groups in total. The average Bonchev–Trinajstić information content (AvgIpc) is 2.88. The summed E-state index contributed by atoms with van der Waals surface area (Å²) in [6.45, 7) is 4.99. The molecule has 2 heteroatoms. The van der Waals surface area contributed by atoms with E-state index in [1.807, 2.05) is 13.0 Å². The molecular weight excluding hydrogens is 222 g/mol. The maximum Gasteiger partial charge on any atom is 0.119 e. The summed E-state index contributed by atoms with van der Waals surface area (Å²) < 4.78 is 5.57. The van der Waals surface area contributed by atoms with Gasteiger partial charge in [-0.2, -0.15) is 0 Å². The van der Waals surface area contributed by atoms with Crippen LogP contribution in [0.25, 0.3) is 0 Å². The number of nitrogens with two attached hydrogens (primary N) is 1. The minimum atomic E-state index is 0.144. The van der Waals surface area contributed by atoms with Crippen LogP contribution in [0, 0.1) is 5.41 Å². The van der Waals surface area contributed by atoms with E-state index in [1.165, 1.54) is 37.7 Å². The monoisotopic (exact) mass is 247 g/mol. The number of rotatable bonds is 5. The number of hydrogen-bond acceptors (Lipinski definition) is 2. The van der Waals surface area contributed by atoms with E-state index in [2.05, 4.69) is 25.1 Å². The van der Waals surface area contributed by atoms with Crippen molar-refractivity contribution in [1.82, 2.24) is 0 Å². The molecule has 1 aromatic carbocycles. The molecule has 0 spiro atoms. The highest BCUT2D eigenvalue weighted by Crippen LogP contribution is 2.49. The topological polar surface area (TPSA) is 35.2 Å². The maximum absolute atomic E-state index is 6.56. The van der Waals surface area contributed by atoms with E-state index in [1.54, 1.807) is 0 Å². The third kappa shape index (κ3) is 2.54. The standard InChI is InChI=1S/C16H25NO/c1-3-16(10-5-6-11-16)15(17)13-8-7-9-14(12-13)18-4-2/h7-9,12,15H,3-6,10-11,17H2,1-2H3. The van der Waals surface area contributed by atoms with Crippen LogP contribution < -0.4 is 10.5 Å². The summed E-state index contributed by atoms with van der Waals surface area (Å²) in [5.41, 5.74) is 8.09. The Kier molecular flexibility index (Phi) is 4.28. The fraction of sp³-hybridized carbons (Fsp3) is 0.625. The summed E-state index contributed by atoms with van der Waals surface area (Å²) >= 11 is 0. The van der Waals surface area contributed by atoms with E-state index in [4.69, 9.17) is 10.5 Å². The largest absolute Gasteiger partial charge is 0.494 e. The SMILES string of the molecule is CCOc1cccc(C(N)C2(CC)CCCC2)c1. The Morgan fingerprint density at radius 3 is 2.61 bits per heavy atom. The lowest BCUT2D eigenvalue weighted by atomic mass is 9.74. The van der Waals surface area contributed by atoms with Gasteiger partial charge >= 0.3 is 0 Å². The first-order valence-corrected chi connectivity index (χ1v) is 7.20. The zero-order valence-corrected chi connectivity index (χ0v) is 11.6. The van der Waals surface area contributed by atoms with Gasteiger partial charge in [-0.05, 0) is 49.3 Å². The van der Waals surface area contributed by atoms with Gasteiger partial charge in [0.15, 0.2) is 0 Å². The van der Waals surface area contributed by atoms with Crippen LogP contribution >= 0.6 is 0 Å². The fourth-order valence-corrected chi connectivity index (χ4v) is 3.28. The van der Waals surface area contributed by atoms with Gasteiger partial charge in [0, 0.05) is 6.04 Å². The van der Waals surface area contributed by atoms with Gasteiger partial charge in [0.1, 0.15) is 5.75 Å². The fourth-order valence-electron chi connectivity index (χ4n) is 3.28. The van der Waals surface area contributed by atoms with E-state index in [9.17, 15) is 0 Å². The van der Waals surface area contributed by atoms with Crippen molar-refractivity contribution in [3.8, 4) is 5.75 Å². The molecule has 2 rings (SSSR count). The van der Waals surface area contributed by atoms with Gasteiger partial charge in [-0.25, -0.2) is 0 Å². The summed E-state index contributed by atoms with van der Waals surface area (Å²) in [7, 11) is 0. The molecule has 1 aliphatic carbocycles. The molecule has 100 valence electrons. The first kappa shape index (κ1) is 13.4. The molecule has 1 fully saturated rings. The van der Waals surface area contributed by atoms with Crippen molar-refractivity contribution in [2.45, 2.75) is 52.0 Å². The summed E-state index contributed by atoms with van der Waals surface area (Å²) in [5, 5.41) is 0. The Bertz CT molecular complexity index is 382. The van der Waals surface area contributed by atoms with Gasteiger partial charge in [-0.1, -0.05) is 31.9 Å². The first-order chi connectivity index (χ1) is 8.72. The van der Waals surface area contributed by atoms with Crippen molar-refractivity contribution < 1.29 is 4.74 Å². The molecule has 18 heavy (non-hydrogen) atoms. The Hall–Kier alpha value is -1.02. The molecule has 1 saturated carbocycles. The maximum atomic E-state index is 6.56. The summed E-state index contributed by atoms with van der Waals surface area (Å²) in [6, 6.07) is 8.46. The van der Waals surface area contributed by atoms with Crippen molar-refractivity contribution in [1.29, 1.82) is 0 Å². The molecule has 0 saturated heterocycles. The lowest BCUT2D eigenvalue weighted by molar-refractivity contribution is 0.221. The molecule has 0 amide bonds. The quantitative estimate of drug-likeness (QED) is 0.851. The highest BCUT2D eigenvalue weighted by atomic mass is 16.5. The Morgan fingerprint density at radius 1 is 1.28 bits per heavy atom. The molecule has 0 aromatic heterocycles. The Labute approximate surface area is 111 Å². The molecule has 2 nitrogen and oxygen atoms in total. The molecule has 1 aromatic rings. The van der Waals surface area contributed by atoms with Crippen LogP contribution in [0.3, 0.4) is 0 Å². The van der Waals surface area contributed by atoms with Crippen molar-refractivity contribution in [2.75, 3.05) is 6.61 Å². The summed E-state index contributed by atoms with van der Waals surface area (Å²) in [5.74, 6) is 0.940. The molecular formula is C16H25NO. The minimum absolute atomic E-state index is 0.144. The van der Waals surface area contributed by atoms with Crippen molar-refractivity contribution >= 4 is 0 Å². The second-order valence-electron chi connectivity index (χ2n) is 5.41. The van der Waals surface area contributed by atoms with Crippen LogP contribution in [-0.2, 0) is 0 Å². The molecule has 1 unspecified atom stereocenters. The molecule has 1 aliphatic rings. The van der Waals surface area contributed by atoms with Crippen LogP contribution in [0.1, 0.15) is 57.6 Å². The first-order valence-electron chi connectivity index (χ1n) is 7.20. The smallest absolute Gasteiger partial charge is 0.119 e. The predicted octanol–water partition coefficient (Wildman–Crippen LogP) is 4.06. The zero-order valence-electron chi connectivity index (χ0n) is 11.6. The Morgan fingerprint density at radius 2 is 2.00 bits per heavy atom. The molecule has 1 atom stereocenters. The third-order valence-corrected chi connectivity index (χ3v) is 4.49. The highest BCUT2D eigenvalue weighted by molar-refractivity contribution is 5.31. The highest BCUT2D eigenvalue weighted by Gasteiger charge is 2.38. The number of benzene rings is 1. The van der Waals surface area contributed by atoms with Crippen molar-refractivity contribution in [3.63, 3.8) is 0 Å². The third-order valence-electron chi connectivity index (χ3n) is 4.49. The number of hydrogen-bond donors (Lipinski definition) is 1. The van der Waals surface area contributed by atoms with Gasteiger partial charge in [-0.15, -0.1) is 0 Å². The number of ether oxygens (including phenoxy) is 1. The van der Waals surface area contributed by atoms with E-state index in [-0.39, 0.29) is 6.04 Å². The van der Waals surface area contributed by atoms with Crippen LogP contribution in [0.2, 0.25) is 0 Å². The van der Waals surface area contributed by atoms with Crippen LogP contribution in [-0.4, -0.2) is 6.61 Å². The van der Waals surface area contributed by atoms with Gasteiger partial charge < -0.3 is 10.5 Å². The van der Waals surface area contributed by atoms with Gasteiger partial charge in [0.25, 0.3) is 0 Å². The summed E-state index contributed by atoms with van der Waals surface area (Å²) in [4.78, 5) is 0. The second kappa shape index (κ2) is 5.75. The zero-order chi connectivity index (χ0) is 13.0. The van der Waals surface area contributed by atoms with Gasteiger partial charge in [0.2, 0.25) is 0 Å². The average molecular weight is 247 g/mol. The van der Waals surface area contributed by atoms with E-state index in [0.29, 0.717) is 12.0 Å². The lowest BCUT2D eigenvalue weighted by Gasteiger charge is -2.34. The molecule has 0 aliphatic heterocycles. The molecule has 0 bridgehead atoms. The van der Waals surface area contributed by atoms with Gasteiger partial charge in [0.05, 0.1) is 6.61 Å². The van der Waals surface area contributed by atoms with E-state index in [0.717, 1.165) is 5.75 Å². The van der Waals surface area contributed by atoms with Crippen LogP contribution in [0.15, 0.2) is 24.3 Å². The van der Waals surface area contributed by atoms with Crippen LogP contribution in [0.5, 0.6) is 5.75 Å². The van der Waals surface area contributed by atoms with Gasteiger partial charge in [-0.3, -0.25) is 0 Å². The van der Waals surface area contributed by atoms with E-state index >= 15 is 0 Å². The molecule has 0 radical (unpaired) electrons. The van der Waals surface area contributed by atoms with Crippen molar-refractivity contribution in [3.05, 3.63) is 29.8 Å². The van der Waals surface area contributed by atoms with E-state index < -0.39 is 0 Å². The molecule has 0 heterocycles. The normalized spacial score (nSPS) is 19.7. The Balaban J connectivity index is 2.21. The lowest BCUT2D eigenvalue weighted by Crippen LogP contribution is -2.31. The predicted molar refractivity (Wildman–Crippen MR) is 75.7 cm³/mol. The second-order valence-corrected chi connectivity index (χ2v) is 5.41. The van der Waals surface area contributed by atoms with Crippen LogP contribution in [0.4, 0.5) is 0 Å².